The van der Waals surface area contributed by atoms with E-state index in [-0.39, 0.29) is 20.8 Å². The van der Waals surface area contributed by atoms with Gasteiger partial charge in [0.15, 0.2) is 0 Å². The SMILES string of the molecule is CC(C)C(NS(=O)(=O)c1cc(C(=O)O)ccc1Br)C(N)=O. The van der Waals surface area contributed by atoms with Crippen LogP contribution in [0.4, 0.5) is 0 Å². The fourth-order valence-electron chi connectivity index (χ4n) is 1.60. The van der Waals surface area contributed by atoms with Gasteiger partial charge < -0.3 is 10.8 Å². The Labute approximate surface area is 130 Å². The van der Waals surface area contributed by atoms with Crippen LogP contribution < -0.4 is 10.5 Å². The minimum Gasteiger partial charge on any atom is -0.478 e. The molecule has 1 aromatic carbocycles. The summed E-state index contributed by atoms with van der Waals surface area (Å²) < 4.78 is 27.0. The molecule has 9 heteroatoms. The Kier molecular flexibility index (Phi) is 5.48. The number of rotatable bonds is 6. The van der Waals surface area contributed by atoms with Gasteiger partial charge in [-0.1, -0.05) is 13.8 Å². The van der Waals surface area contributed by atoms with E-state index in [9.17, 15) is 18.0 Å². The van der Waals surface area contributed by atoms with Gasteiger partial charge in [0.25, 0.3) is 0 Å². The van der Waals surface area contributed by atoms with E-state index in [0.29, 0.717) is 0 Å². The molecule has 7 nitrogen and oxygen atoms in total. The zero-order valence-corrected chi connectivity index (χ0v) is 13.7. The number of hydrogen-bond donors (Lipinski definition) is 3. The Balaban J connectivity index is 3.27. The maximum atomic E-state index is 12.3. The lowest BCUT2D eigenvalue weighted by Gasteiger charge is -2.19. The van der Waals surface area contributed by atoms with Gasteiger partial charge in [0.1, 0.15) is 6.04 Å². The van der Waals surface area contributed by atoms with Crippen molar-refractivity contribution in [3.05, 3.63) is 28.2 Å². The predicted molar refractivity (Wildman–Crippen MR) is 79.2 cm³/mol. The third-order valence-corrected chi connectivity index (χ3v) is 5.16. The maximum Gasteiger partial charge on any atom is 0.335 e. The molecule has 1 aromatic rings. The molecule has 0 aliphatic carbocycles. The fraction of sp³-hybridized carbons (Fsp3) is 0.333. The molecule has 1 amide bonds. The van der Waals surface area contributed by atoms with Crippen molar-refractivity contribution in [1.82, 2.24) is 4.72 Å². The van der Waals surface area contributed by atoms with Crippen molar-refractivity contribution in [1.29, 1.82) is 0 Å². The fourth-order valence-corrected chi connectivity index (χ4v) is 3.94. The highest BCUT2D eigenvalue weighted by Gasteiger charge is 2.28. The zero-order chi connectivity index (χ0) is 16.4. The number of carbonyl (C=O) groups excluding carboxylic acids is 1. The number of sulfonamides is 1. The standard InChI is InChI=1S/C12H15BrN2O5S/c1-6(2)10(11(14)16)15-21(19,20)9-5-7(12(17)18)3-4-8(9)13/h3-6,10,15H,1-2H3,(H2,14,16)(H,17,18). The van der Waals surface area contributed by atoms with Crippen LogP contribution in [0.1, 0.15) is 24.2 Å². The number of hydrogen-bond acceptors (Lipinski definition) is 4. The molecule has 21 heavy (non-hydrogen) atoms. The van der Waals surface area contributed by atoms with E-state index in [4.69, 9.17) is 10.8 Å². The van der Waals surface area contributed by atoms with Gasteiger partial charge in [0.2, 0.25) is 15.9 Å². The summed E-state index contributed by atoms with van der Waals surface area (Å²) in [7, 11) is -4.10. The third-order valence-electron chi connectivity index (χ3n) is 2.72. The maximum absolute atomic E-state index is 12.3. The predicted octanol–water partition coefficient (Wildman–Crippen LogP) is 0.935. The smallest absolute Gasteiger partial charge is 0.335 e. The molecule has 0 saturated heterocycles. The van der Waals surface area contributed by atoms with Gasteiger partial charge in [-0.15, -0.1) is 0 Å². The van der Waals surface area contributed by atoms with Crippen molar-refractivity contribution in [3.8, 4) is 0 Å². The number of primary amides is 1. The average Bonchev–Trinajstić information content (AvgIpc) is 2.35. The van der Waals surface area contributed by atoms with Crippen LogP contribution in [0.3, 0.4) is 0 Å². The number of aromatic carboxylic acids is 1. The molecule has 1 unspecified atom stereocenters. The molecule has 0 aliphatic rings. The topological polar surface area (TPSA) is 127 Å². The highest BCUT2D eigenvalue weighted by Crippen LogP contribution is 2.24. The molecule has 0 spiro atoms. The van der Waals surface area contributed by atoms with Gasteiger partial charge in [-0.2, -0.15) is 4.72 Å². The van der Waals surface area contributed by atoms with Crippen molar-refractivity contribution in [2.24, 2.45) is 11.7 Å². The molecule has 0 radical (unpaired) electrons. The van der Waals surface area contributed by atoms with Gasteiger partial charge in [-0.05, 0) is 40.0 Å². The molecule has 4 N–H and O–H groups in total. The normalized spacial score (nSPS) is 13.1. The molecule has 0 saturated carbocycles. The number of carboxylic acid groups (broad SMARTS) is 1. The Bertz CT molecular complexity index is 672. The first-order valence-corrected chi connectivity index (χ1v) is 8.18. The summed E-state index contributed by atoms with van der Waals surface area (Å²) in [5.41, 5.74) is 4.99. The summed E-state index contributed by atoms with van der Waals surface area (Å²) in [5, 5.41) is 8.92. The Morgan fingerprint density at radius 1 is 1.33 bits per heavy atom. The molecule has 0 bridgehead atoms. The highest BCUT2D eigenvalue weighted by atomic mass is 79.9. The molecule has 0 fully saturated rings. The van der Waals surface area contributed by atoms with Crippen LogP contribution in [0.5, 0.6) is 0 Å². The van der Waals surface area contributed by atoms with Crippen LogP contribution in [-0.2, 0) is 14.8 Å². The Morgan fingerprint density at radius 3 is 2.33 bits per heavy atom. The molecule has 1 rings (SSSR count). The lowest BCUT2D eigenvalue weighted by molar-refractivity contribution is -0.120. The molecule has 116 valence electrons. The van der Waals surface area contributed by atoms with Crippen molar-refractivity contribution >= 4 is 37.8 Å². The number of halogens is 1. The number of benzene rings is 1. The summed E-state index contributed by atoms with van der Waals surface area (Å²) in [6, 6.07) is 2.49. The number of carbonyl (C=O) groups is 2. The molecular formula is C12H15BrN2O5S. The van der Waals surface area contributed by atoms with E-state index in [2.05, 4.69) is 20.7 Å². The first-order chi connectivity index (χ1) is 9.56. The van der Waals surface area contributed by atoms with Crippen molar-refractivity contribution in [2.45, 2.75) is 24.8 Å². The van der Waals surface area contributed by atoms with Crippen molar-refractivity contribution in [2.75, 3.05) is 0 Å². The van der Waals surface area contributed by atoms with Crippen LogP contribution >= 0.6 is 15.9 Å². The summed E-state index contributed by atoms with van der Waals surface area (Å²) in [4.78, 5) is 22.0. The third kappa shape index (κ3) is 4.26. The van der Waals surface area contributed by atoms with Gasteiger partial charge in [-0.25, -0.2) is 13.2 Å². The molecule has 1 atom stereocenters. The number of nitrogens with two attached hydrogens (primary N) is 1. The molecule has 0 aromatic heterocycles. The minimum absolute atomic E-state index is 0.182. The summed E-state index contributed by atoms with van der Waals surface area (Å²) in [6.07, 6.45) is 0. The van der Waals surface area contributed by atoms with Crippen molar-refractivity contribution in [3.63, 3.8) is 0 Å². The summed E-state index contributed by atoms with van der Waals surface area (Å²) >= 11 is 3.05. The van der Waals surface area contributed by atoms with E-state index in [0.717, 1.165) is 6.07 Å². The van der Waals surface area contributed by atoms with Gasteiger partial charge in [-0.3, -0.25) is 4.79 Å². The first-order valence-electron chi connectivity index (χ1n) is 5.90. The Hall–Kier alpha value is -1.45. The molecular weight excluding hydrogens is 364 g/mol. The van der Waals surface area contributed by atoms with E-state index in [1.54, 1.807) is 13.8 Å². The monoisotopic (exact) mass is 378 g/mol. The first kappa shape index (κ1) is 17.6. The number of carboxylic acids is 1. The average molecular weight is 379 g/mol. The zero-order valence-electron chi connectivity index (χ0n) is 11.3. The second-order valence-corrected chi connectivity index (χ2v) is 7.23. The second kappa shape index (κ2) is 6.54. The van der Waals surface area contributed by atoms with E-state index in [1.807, 2.05) is 0 Å². The second-order valence-electron chi connectivity index (χ2n) is 4.70. The van der Waals surface area contributed by atoms with Crippen molar-refractivity contribution < 1.29 is 23.1 Å². The van der Waals surface area contributed by atoms with Crippen LogP contribution in [0, 0.1) is 5.92 Å². The molecule has 0 heterocycles. The quantitative estimate of drug-likeness (QED) is 0.678. The van der Waals surface area contributed by atoms with E-state index >= 15 is 0 Å². The minimum atomic E-state index is -4.10. The molecule has 0 aliphatic heterocycles. The Morgan fingerprint density at radius 2 is 1.90 bits per heavy atom. The van der Waals surface area contributed by atoms with E-state index in [1.165, 1.54) is 12.1 Å². The highest BCUT2D eigenvalue weighted by molar-refractivity contribution is 9.10. The number of amides is 1. The van der Waals surface area contributed by atoms with Crippen LogP contribution in [0.15, 0.2) is 27.6 Å². The van der Waals surface area contributed by atoms with Crippen LogP contribution in [-0.4, -0.2) is 31.4 Å². The number of nitrogens with one attached hydrogen (secondary N) is 1. The van der Waals surface area contributed by atoms with E-state index < -0.39 is 27.9 Å². The van der Waals surface area contributed by atoms with Crippen LogP contribution in [0.2, 0.25) is 0 Å². The summed E-state index contributed by atoms with van der Waals surface area (Å²) in [5.74, 6) is -2.41. The van der Waals surface area contributed by atoms with Crippen LogP contribution in [0.25, 0.3) is 0 Å². The lowest BCUT2D eigenvalue weighted by Crippen LogP contribution is -2.47. The largest absolute Gasteiger partial charge is 0.478 e. The summed E-state index contributed by atoms with van der Waals surface area (Å²) in [6.45, 7) is 3.28. The van der Waals surface area contributed by atoms with Gasteiger partial charge in [0, 0.05) is 4.47 Å². The van der Waals surface area contributed by atoms with Gasteiger partial charge in [0.05, 0.1) is 10.5 Å². The van der Waals surface area contributed by atoms with Gasteiger partial charge >= 0.3 is 5.97 Å². The lowest BCUT2D eigenvalue weighted by atomic mass is 10.1.